The standard InChI is InChI=1S/C12H14N2S/c1-9-8-10(2)14(12(15)13-9)11-6-4-3-5-7-11/h3-9H,1-2H3,(H,13,15). The van der Waals surface area contributed by atoms with E-state index in [-0.39, 0.29) is 0 Å². The van der Waals surface area contributed by atoms with Gasteiger partial charge in [-0.15, -0.1) is 0 Å². The van der Waals surface area contributed by atoms with Crippen LogP contribution in [-0.4, -0.2) is 11.2 Å². The van der Waals surface area contributed by atoms with Crippen LogP contribution in [0.1, 0.15) is 13.8 Å². The molecule has 0 bridgehead atoms. The molecule has 15 heavy (non-hydrogen) atoms. The lowest BCUT2D eigenvalue weighted by molar-refractivity contribution is 0.771. The first-order chi connectivity index (χ1) is 7.18. The number of thiocarbonyl (C=S) groups is 1. The number of nitrogens with zero attached hydrogens (tertiary/aromatic N) is 1. The van der Waals surface area contributed by atoms with Crippen molar-refractivity contribution in [1.82, 2.24) is 5.32 Å². The molecule has 78 valence electrons. The summed E-state index contributed by atoms with van der Waals surface area (Å²) in [5, 5.41) is 4.01. The topological polar surface area (TPSA) is 15.3 Å². The Morgan fingerprint density at radius 2 is 1.93 bits per heavy atom. The van der Waals surface area contributed by atoms with E-state index in [4.69, 9.17) is 12.2 Å². The highest BCUT2D eigenvalue weighted by atomic mass is 32.1. The third kappa shape index (κ3) is 2.02. The Morgan fingerprint density at radius 1 is 1.27 bits per heavy atom. The Labute approximate surface area is 95.6 Å². The molecular weight excluding hydrogens is 204 g/mol. The summed E-state index contributed by atoms with van der Waals surface area (Å²) in [4.78, 5) is 2.05. The van der Waals surface area contributed by atoms with E-state index in [0.29, 0.717) is 6.04 Å². The molecule has 1 aromatic rings. The fourth-order valence-corrected chi connectivity index (χ4v) is 2.23. The van der Waals surface area contributed by atoms with Gasteiger partial charge in [0.25, 0.3) is 0 Å². The van der Waals surface area contributed by atoms with Crippen LogP contribution in [0.2, 0.25) is 0 Å². The summed E-state index contributed by atoms with van der Waals surface area (Å²) in [7, 11) is 0. The van der Waals surface area contributed by atoms with Gasteiger partial charge in [0.2, 0.25) is 0 Å². The molecule has 2 rings (SSSR count). The van der Waals surface area contributed by atoms with Gasteiger partial charge in [0.1, 0.15) is 0 Å². The Morgan fingerprint density at radius 3 is 2.53 bits per heavy atom. The fourth-order valence-electron chi connectivity index (χ4n) is 1.80. The highest BCUT2D eigenvalue weighted by Gasteiger charge is 2.19. The van der Waals surface area contributed by atoms with Crippen molar-refractivity contribution in [1.29, 1.82) is 0 Å². The van der Waals surface area contributed by atoms with Gasteiger partial charge in [-0.3, -0.25) is 4.90 Å². The summed E-state index contributed by atoms with van der Waals surface area (Å²) < 4.78 is 0. The van der Waals surface area contributed by atoms with Gasteiger partial charge in [-0.05, 0) is 44.3 Å². The second-order valence-corrected chi connectivity index (χ2v) is 4.10. The average Bonchev–Trinajstić information content (AvgIpc) is 2.17. The van der Waals surface area contributed by atoms with Crippen molar-refractivity contribution in [3.8, 4) is 0 Å². The van der Waals surface area contributed by atoms with E-state index in [1.54, 1.807) is 0 Å². The molecular formula is C12H14N2S. The Balaban J connectivity index is 2.37. The van der Waals surface area contributed by atoms with E-state index in [1.807, 2.05) is 18.2 Å². The maximum absolute atomic E-state index is 5.34. The first-order valence-electron chi connectivity index (χ1n) is 5.02. The van der Waals surface area contributed by atoms with E-state index in [1.165, 1.54) is 5.70 Å². The predicted octanol–water partition coefficient (Wildman–Crippen LogP) is 2.67. The molecule has 1 aliphatic heterocycles. The fraction of sp³-hybridized carbons (Fsp3) is 0.250. The van der Waals surface area contributed by atoms with Crippen LogP contribution < -0.4 is 10.2 Å². The predicted molar refractivity (Wildman–Crippen MR) is 67.9 cm³/mol. The van der Waals surface area contributed by atoms with Crippen LogP contribution in [0.4, 0.5) is 5.69 Å². The van der Waals surface area contributed by atoms with Gasteiger partial charge in [-0.25, -0.2) is 0 Å². The quantitative estimate of drug-likeness (QED) is 0.730. The van der Waals surface area contributed by atoms with Gasteiger partial charge in [0.05, 0.1) is 0 Å². The van der Waals surface area contributed by atoms with Crippen LogP contribution in [-0.2, 0) is 0 Å². The van der Waals surface area contributed by atoms with Gasteiger partial charge < -0.3 is 5.32 Å². The molecule has 3 heteroatoms. The number of nitrogens with one attached hydrogen (secondary N) is 1. The molecule has 0 amide bonds. The largest absolute Gasteiger partial charge is 0.356 e. The molecule has 1 N–H and O–H groups in total. The normalized spacial score (nSPS) is 20.9. The molecule has 0 aliphatic carbocycles. The van der Waals surface area contributed by atoms with Gasteiger partial charge in [0, 0.05) is 17.4 Å². The minimum Gasteiger partial charge on any atom is -0.356 e. The molecule has 1 unspecified atom stereocenters. The highest BCUT2D eigenvalue weighted by molar-refractivity contribution is 7.80. The van der Waals surface area contributed by atoms with Crippen molar-refractivity contribution >= 4 is 23.0 Å². The smallest absolute Gasteiger partial charge is 0.178 e. The molecule has 2 nitrogen and oxygen atoms in total. The van der Waals surface area contributed by atoms with E-state index in [0.717, 1.165) is 10.8 Å². The zero-order valence-electron chi connectivity index (χ0n) is 8.90. The van der Waals surface area contributed by atoms with Crippen molar-refractivity contribution in [3.63, 3.8) is 0 Å². The average molecular weight is 218 g/mol. The molecule has 0 saturated heterocycles. The SMILES string of the molecule is CC1=CC(C)NC(=S)N1c1ccccc1. The minimum absolute atomic E-state index is 0.317. The number of hydrogen-bond acceptors (Lipinski definition) is 1. The van der Waals surface area contributed by atoms with Gasteiger partial charge in [-0.2, -0.15) is 0 Å². The molecule has 0 radical (unpaired) electrons. The number of para-hydroxylation sites is 1. The number of hydrogen-bond donors (Lipinski definition) is 1. The summed E-state index contributed by atoms with van der Waals surface area (Å²) in [6, 6.07) is 10.5. The molecule has 0 aromatic heterocycles. The summed E-state index contributed by atoms with van der Waals surface area (Å²) >= 11 is 5.34. The second-order valence-electron chi connectivity index (χ2n) is 3.72. The van der Waals surface area contributed by atoms with Gasteiger partial charge >= 0.3 is 0 Å². The van der Waals surface area contributed by atoms with Crippen LogP contribution >= 0.6 is 12.2 Å². The molecule has 0 spiro atoms. The van der Waals surface area contributed by atoms with Gasteiger partial charge in [0.15, 0.2) is 5.11 Å². The minimum atomic E-state index is 0.317. The van der Waals surface area contributed by atoms with E-state index in [2.05, 4.69) is 42.3 Å². The van der Waals surface area contributed by atoms with E-state index < -0.39 is 0 Å². The number of anilines is 1. The monoisotopic (exact) mass is 218 g/mol. The van der Waals surface area contributed by atoms with Crippen molar-refractivity contribution in [2.24, 2.45) is 0 Å². The molecule has 0 fully saturated rings. The van der Waals surface area contributed by atoms with E-state index >= 15 is 0 Å². The highest BCUT2D eigenvalue weighted by Crippen LogP contribution is 2.21. The lowest BCUT2D eigenvalue weighted by Gasteiger charge is -2.32. The number of benzene rings is 1. The first-order valence-corrected chi connectivity index (χ1v) is 5.43. The molecule has 1 heterocycles. The zero-order valence-corrected chi connectivity index (χ0v) is 9.71. The molecule has 1 aromatic carbocycles. The Kier molecular flexibility index (Phi) is 2.73. The zero-order chi connectivity index (χ0) is 10.8. The molecule has 0 saturated carbocycles. The summed E-state index contributed by atoms with van der Waals surface area (Å²) in [6.45, 7) is 4.18. The third-order valence-corrected chi connectivity index (χ3v) is 2.71. The number of rotatable bonds is 1. The Bertz CT molecular complexity index is 397. The first kappa shape index (κ1) is 10.2. The Hall–Kier alpha value is -1.35. The van der Waals surface area contributed by atoms with Crippen molar-refractivity contribution in [2.45, 2.75) is 19.9 Å². The van der Waals surface area contributed by atoms with Gasteiger partial charge in [-0.1, -0.05) is 18.2 Å². The maximum Gasteiger partial charge on any atom is 0.178 e. The van der Waals surface area contributed by atoms with Crippen LogP contribution in [0.5, 0.6) is 0 Å². The van der Waals surface area contributed by atoms with Crippen molar-refractivity contribution in [2.75, 3.05) is 4.90 Å². The van der Waals surface area contributed by atoms with Crippen molar-refractivity contribution < 1.29 is 0 Å². The third-order valence-electron chi connectivity index (χ3n) is 2.41. The lowest BCUT2D eigenvalue weighted by atomic mass is 10.2. The van der Waals surface area contributed by atoms with Crippen LogP contribution in [0.25, 0.3) is 0 Å². The van der Waals surface area contributed by atoms with Crippen LogP contribution in [0.15, 0.2) is 42.1 Å². The lowest BCUT2D eigenvalue weighted by Crippen LogP contribution is -2.46. The van der Waals surface area contributed by atoms with Crippen molar-refractivity contribution in [3.05, 3.63) is 42.1 Å². The number of allylic oxidation sites excluding steroid dienone is 1. The molecule has 1 aliphatic rings. The summed E-state index contributed by atoms with van der Waals surface area (Å²) in [6.07, 6.45) is 2.17. The molecule has 1 atom stereocenters. The van der Waals surface area contributed by atoms with Crippen LogP contribution in [0.3, 0.4) is 0 Å². The maximum atomic E-state index is 5.34. The summed E-state index contributed by atoms with van der Waals surface area (Å²) in [5.74, 6) is 0. The summed E-state index contributed by atoms with van der Waals surface area (Å²) in [5.41, 5.74) is 2.29. The van der Waals surface area contributed by atoms with E-state index in [9.17, 15) is 0 Å². The van der Waals surface area contributed by atoms with Crippen LogP contribution in [0, 0.1) is 0 Å². The second kappa shape index (κ2) is 4.03.